The fraction of sp³-hybridized carbons (Fsp3) is 0.211. The van der Waals surface area contributed by atoms with E-state index in [-0.39, 0.29) is 25.2 Å². The zero-order valence-corrected chi connectivity index (χ0v) is 29.8. The van der Waals surface area contributed by atoms with E-state index in [4.69, 9.17) is 18.9 Å². The maximum Gasteiger partial charge on any atom is 0.508 e. The molecule has 51 heavy (non-hydrogen) atoms. The molecule has 266 valence electrons. The van der Waals surface area contributed by atoms with Gasteiger partial charge in [0.05, 0.1) is 6.54 Å². The van der Waals surface area contributed by atoms with Crippen LogP contribution in [0.4, 0.5) is 9.59 Å². The highest BCUT2D eigenvalue weighted by molar-refractivity contribution is 8.14. The number of amides is 2. The Bertz CT molecular complexity index is 1700. The molecule has 1 N–H and O–H groups in total. The zero-order valence-electron chi connectivity index (χ0n) is 28.1. The fourth-order valence-corrected chi connectivity index (χ4v) is 11.2. The van der Waals surface area contributed by atoms with E-state index in [9.17, 15) is 24.0 Å². The number of carbonyl (C=O) groups excluding carboxylic acids is 5. The van der Waals surface area contributed by atoms with Gasteiger partial charge in [0.15, 0.2) is 0 Å². The molecule has 4 rings (SSSR count). The number of ether oxygens (including phenoxy) is 4. The number of rotatable bonds is 16. The van der Waals surface area contributed by atoms with Crippen LogP contribution in [-0.2, 0) is 33.3 Å². The van der Waals surface area contributed by atoms with Crippen LogP contribution in [0.5, 0.6) is 0 Å². The second-order valence-corrected chi connectivity index (χ2v) is 15.4. The predicted octanol–water partition coefficient (Wildman–Crippen LogP) is 4.52. The van der Waals surface area contributed by atoms with E-state index in [0.717, 1.165) is 15.9 Å². The second-order valence-electron chi connectivity index (χ2n) is 10.9. The highest BCUT2D eigenvalue weighted by atomic mass is 32.2. The number of nitrogens with zero attached hydrogens (tertiary/aromatic N) is 1. The molecule has 13 heteroatoms. The zero-order chi connectivity index (χ0) is 36.8. The fourth-order valence-electron chi connectivity index (χ4n) is 5.53. The lowest BCUT2D eigenvalue weighted by Gasteiger charge is -2.50. The lowest BCUT2D eigenvalue weighted by atomic mass is 9.92. The van der Waals surface area contributed by atoms with Gasteiger partial charge in [-0.25, -0.2) is 14.4 Å². The summed E-state index contributed by atoms with van der Waals surface area (Å²) >= 11 is 0.713. The maximum atomic E-state index is 14.6. The molecule has 0 spiro atoms. The molecule has 0 bridgehead atoms. The van der Waals surface area contributed by atoms with Gasteiger partial charge in [0.25, 0.3) is 0 Å². The SMILES string of the molecule is C=CCOC(=O)NCC(=O)S[C@@H]1[C@@H]([C@@H](C)OC(=O)OCC=C)C(=O)N1C(C(=O)OCC=C)=P(c1ccccc1)(c1ccccc1)c1ccccc1. The van der Waals surface area contributed by atoms with E-state index >= 15 is 0 Å². The van der Waals surface area contributed by atoms with Crippen LogP contribution in [0.3, 0.4) is 0 Å². The van der Waals surface area contributed by atoms with Gasteiger partial charge >= 0.3 is 18.2 Å². The van der Waals surface area contributed by atoms with E-state index in [0.29, 0.717) is 11.8 Å². The Labute approximate surface area is 301 Å². The van der Waals surface area contributed by atoms with Crippen molar-refractivity contribution >= 4 is 69.2 Å². The number of likely N-dealkylation sites (tertiary alicyclic amines) is 1. The Hall–Kier alpha value is -5.32. The molecule has 0 radical (unpaired) electrons. The molecule has 3 aromatic carbocycles. The van der Waals surface area contributed by atoms with Gasteiger partial charge in [-0.3, -0.25) is 14.5 Å². The third-order valence-corrected chi connectivity index (χ3v) is 13.0. The Morgan fingerprint density at radius 3 is 1.75 bits per heavy atom. The number of alkyl carbamates (subject to hydrolysis) is 1. The van der Waals surface area contributed by atoms with Gasteiger partial charge in [0.2, 0.25) is 11.0 Å². The number of thioether (sulfide) groups is 1. The van der Waals surface area contributed by atoms with Crippen molar-refractivity contribution in [3.05, 3.63) is 129 Å². The van der Waals surface area contributed by atoms with E-state index in [1.54, 1.807) is 0 Å². The van der Waals surface area contributed by atoms with Crippen LogP contribution in [0.2, 0.25) is 0 Å². The molecule has 1 fully saturated rings. The van der Waals surface area contributed by atoms with Gasteiger partial charge in [-0.15, -0.1) is 0 Å². The van der Waals surface area contributed by atoms with Crippen LogP contribution in [0, 0.1) is 5.92 Å². The van der Waals surface area contributed by atoms with Crippen molar-refractivity contribution in [1.82, 2.24) is 10.2 Å². The number of nitrogens with one attached hydrogen (secondary N) is 1. The predicted molar refractivity (Wildman–Crippen MR) is 200 cm³/mol. The van der Waals surface area contributed by atoms with Crippen LogP contribution < -0.4 is 21.2 Å². The maximum absolute atomic E-state index is 14.6. The molecule has 0 aromatic heterocycles. The van der Waals surface area contributed by atoms with Gasteiger partial charge in [-0.2, -0.15) is 0 Å². The summed E-state index contributed by atoms with van der Waals surface area (Å²) in [5.74, 6) is -2.48. The first-order valence-corrected chi connectivity index (χ1v) is 18.6. The number of hydrogen-bond acceptors (Lipinski definition) is 10. The average molecular weight is 731 g/mol. The Morgan fingerprint density at radius 1 is 0.784 bits per heavy atom. The van der Waals surface area contributed by atoms with E-state index in [1.165, 1.54) is 30.1 Å². The van der Waals surface area contributed by atoms with Crippen molar-refractivity contribution in [3.63, 3.8) is 0 Å². The molecule has 3 atom stereocenters. The van der Waals surface area contributed by atoms with Gasteiger partial charge in [-0.1, -0.05) is 141 Å². The van der Waals surface area contributed by atoms with Crippen LogP contribution in [0.25, 0.3) is 0 Å². The lowest BCUT2D eigenvalue weighted by molar-refractivity contribution is -0.152. The normalized spacial score (nSPS) is 15.6. The minimum atomic E-state index is -3.30. The van der Waals surface area contributed by atoms with E-state index in [2.05, 4.69) is 25.1 Å². The summed E-state index contributed by atoms with van der Waals surface area (Å²) in [7, 11) is 0. The average Bonchev–Trinajstić information content (AvgIpc) is 3.15. The van der Waals surface area contributed by atoms with Crippen LogP contribution >= 0.6 is 18.6 Å². The molecule has 1 heterocycles. The Balaban J connectivity index is 1.99. The summed E-state index contributed by atoms with van der Waals surface area (Å²) in [6, 6.07) is 28.0. The lowest BCUT2D eigenvalue weighted by Crippen LogP contribution is -2.67. The topological polar surface area (TPSA) is 138 Å². The number of carbonyl (C=O) groups is 5. The molecule has 2 amide bonds. The number of β-lactam (4-membered cyclic amide) rings is 1. The first-order chi connectivity index (χ1) is 24.7. The molecule has 3 aromatic rings. The first kappa shape index (κ1) is 38.5. The van der Waals surface area contributed by atoms with Crippen molar-refractivity contribution in [3.8, 4) is 0 Å². The van der Waals surface area contributed by atoms with Crippen molar-refractivity contribution in [2.75, 3.05) is 26.4 Å². The standard InChI is InChI=1S/C38H39N2O9PS/c1-5-23-46-36(43)34(50(28-17-11-8-12-18-28,29-19-13-9-14-20-29)30-21-15-10-16-22-30)40-33(42)32(27(4)49-38(45)48-25-7-3)35(40)51-31(41)26-39-37(44)47-24-6-2/h5-22,27,32,35H,1-3,23-26H2,4H3,(H,39,44)/t27-,32+,35-/m1/s1. The molecule has 1 aliphatic heterocycles. The number of benzene rings is 3. The summed E-state index contributed by atoms with van der Waals surface area (Å²) in [5.41, 5.74) is 0.0132. The third kappa shape index (κ3) is 8.89. The summed E-state index contributed by atoms with van der Waals surface area (Å²) in [5, 5.41) is 2.96. The van der Waals surface area contributed by atoms with Crippen molar-refractivity contribution < 1.29 is 42.9 Å². The van der Waals surface area contributed by atoms with Crippen LogP contribution in [0.15, 0.2) is 129 Å². The Kier molecular flexibility index (Phi) is 14.0. The largest absolute Gasteiger partial charge is 0.508 e. The minimum absolute atomic E-state index is 0.0132. The van der Waals surface area contributed by atoms with Gasteiger partial charge in [-0.05, 0) is 22.8 Å². The number of hydrogen-bond donors (Lipinski definition) is 1. The second kappa shape index (κ2) is 18.6. The molecule has 1 saturated heterocycles. The summed E-state index contributed by atoms with van der Waals surface area (Å²) in [6.07, 6.45) is 1.19. The third-order valence-electron chi connectivity index (χ3n) is 7.64. The summed E-state index contributed by atoms with van der Waals surface area (Å²) < 4.78 is 21.1. The number of esters is 1. The quantitative estimate of drug-likeness (QED) is 0.0737. The summed E-state index contributed by atoms with van der Waals surface area (Å²) in [6.45, 7) is 8.10. The van der Waals surface area contributed by atoms with Gasteiger partial charge < -0.3 is 24.3 Å². The van der Waals surface area contributed by atoms with Gasteiger partial charge in [0.1, 0.15) is 42.6 Å². The van der Waals surface area contributed by atoms with E-state index < -0.39 is 60.1 Å². The van der Waals surface area contributed by atoms with Crippen molar-refractivity contribution in [2.24, 2.45) is 5.92 Å². The monoisotopic (exact) mass is 730 g/mol. The molecular weight excluding hydrogens is 691 g/mol. The van der Waals surface area contributed by atoms with E-state index in [1.807, 2.05) is 91.0 Å². The highest BCUT2D eigenvalue weighted by Crippen LogP contribution is 2.51. The van der Waals surface area contributed by atoms with Crippen molar-refractivity contribution in [1.29, 1.82) is 0 Å². The Morgan fingerprint density at radius 2 is 1.25 bits per heavy atom. The first-order valence-electron chi connectivity index (χ1n) is 15.9. The highest BCUT2D eigenvalue weighted by Gasteiger charge is 2.57. The molecule has 1 aliphatic rings. The molecule has 11 nitrogen and oxygen atoms in total. The molecule has 0 aliphatic carbocycles. The molecule has 0 unspecified atom stereocenters. The van der Waals surface area contributed by atoms with Gasteiger partial charge in [0, 0.05) is 6.89 Å². The summed E-state index contributed by atoms with van der Waals surface area (Å²) in [4.78, 5) is 68.5. The van der Waals surface area contributed by atoms with Crippen LogP contribution in [-0.4, -0.2) is 77.4 Å². The minimum Gasteiger partial charge on any atom is -0.457 e. The smallest absolute Gasteiger partial charge is 0.457 e. The molecular formula is C38H39N2O9PS. The van der Waals surface area contributed by atoms with Crippen LogP contribution in [0.1, 0.15) is 6.92 Å². The molecule has 0 saturated carbocycles. The van der Waals surface area contributed by atoms with Crippen molar-refractivity contribution in [2.45, 2.75) is 18.4 Å².